The number of hydrogen-bond donors (Lipinski definition) is 2. The van der Waals surface area contributed by atoms with Gasteiger partial charge in [0.2, 0.25) is 10.0 Å². The SMILES string of the molecule is CC1CCC(C)N(S(=O)(=O)c2c[nH]c(CN)c2)C1. The maximum atomic E-state index is 12.5. The number of piperidine rings is 1. The topological polar surface area (TPSA) is 79.2 Å². The van der Waals surface area contributed by atoms with Crippen molar-refractivity contribution >= 4 is 10.0 Å². The van der Waals surface area contributed by atoms with Gasteiger partial charge in [-0.05, 0) is 31.7 Å². The first-order chi connectivity index (χ1) is 8.45. The summed E-state index contributed by atoms with van der Waals surface area (Å²) in [5.41, 5.74) is 6.24. The van der Waals surface area contributed by atoms with Gasteiger partial charge in [0.05, 0.1) is 4.90 Å². The first kappa shape index (κ1) is 13.6. The summed E-state index contributed by atoms with van der Waals surface area (Å²) in [5, 5.41) is 0. The van der Waals surface area contributed by atoms with Gasteiger partial charge in [-0.3, -0.25) is 0 Å². The second-order valence-corrected chi connectivity index (χ2v) is 7.06. The third-order valence-corrected chi connectivity index (χ3v) is 5.56. The molecule has 3 N–H and O–H groups in total. The molecule has 18 heavy (non-hydrogen) atoms. The van der Waals surface area contributed by atoms with Crippen LogP contribution in [0, 0.1) is 5.92 Å². The molecule has 1 fully saturated rings. The van der Waals surface area contributed by atoms with Gasteiger partial charge in [0.25, 0.3) is 0 Å². The molecule has 0 aliphatic carbocycles. The van der Waals surface area contributed by atoms with Crippen molar-refractivity contribution in [3.63, 3.8) is 0 Å². The van der Waals surface area contributed by atoms with Crippen LogP contribution in [0.1, 0.15) is 32.4 Å². The smallest absolute Gasteiger partial charge is 0.244 e. The van der Waals surface area contributed by atoms with Crippen molar-refractivity contribution in [2.24, 2.45) is 11.7 Å². The zero-order chi connectivity index (χ0) is 13.3. The molecule has 2 atom stereocenters. The molecule has 6 heteroatoms. The van der Waals surface area contributed by atoms with Crippen molar-refractivity contribution in [1.29, 1.82) is 0 Å². The summed E-state index contributed by atoms with van der Waals surface area (Å²) in [4.78, 5) is 3.22. The molecule has 0 spiro atoms. The lowest BCUT2D eigenvalue weighted by Crippen LogP contribution is -2.44. The number of nitrogens with one attached hydrogen (secondary N) is 1. The molecule has 1 aliphatic rings. The lowest BCUT2D eigenvalue weighted by Gasteiger charge is -2.35. The molecule has 0 amide bonds. The number of aromatic amines is 1. The van der Waals surface area contributed by atoms with Crippen LogP contribution in [0.3, 0.4) is 0 Å². The number of aromatic nitrogens is 1. The standard InChI is InChI=1S/C12H21N3O2S/c1-9-3-4-10(2)15(8-9)18(16,17)12-5-11(6-13)14-7-12/h5,7,9-10,14H,3-4,6,8,13H2,1-2H3. The van der Waals surface area contributed by atoms with Crippen LogP contribution < -0.4 is 5.73 Å². The number of H-pyrrole nitrogens is 1. The Morgan fingerprint density at radius 3 is 2.78 bits per heavy atom. The Labute approximate surface area is 108 Å². The van der Waals surface area contributed by atoms with E-state index in [4.69, 9.17) is 5.73 Å². The van der Waals surface area contributed by atoms with E-state index >= 15 is 0 Å². The van der Waals surface area contributed by atoms with E-state index in [1.807, 2.05) is 6.92 Å². The molecule has 1 saturated heterocycles. The Balaban J connectivity index is 2.29. The summed E-state index contributed by atoms with van der Waals surface area (Å²) in [5.74, 6) is 0.420. The minimum absolute atomic E-state index is 0.0717. The Hall–Kier alpha value is -0.850. The Morgan fingerprint density at radius 2 is 2.17 bits per heavy atom. The van der Waals surface area contributed by atoms with Gasteiger partial charge in [-0.25, -0.2) is 8.42 Å². The maximum absolute atomic E-state index is 12.5. The molecule has 2 heterocycles. The molecule has 2 unspecified atom stereocenters. The fraction of sp³-hybridized carbons (Fsp3) is 0.667. The minimum atomic E-state index is -3.39. The van der Waals surface area contributed by atoms with Gasteiger partial charge in [-0.1, -0.05) is 6.92 Å². The molecule has 1 aliphatic heterocycles. The van der Waals surface area contributed by atoms with Crippen molar-refractivity contribution in [3.05, 3.63) is 18.0 Å². The predicted molar refractivity (Wildman–Crippen MR) is 70.4 cm³/mol. The van der Waals surface area contributed by atoms with Gasteiger partial charge in [0, 0.05) is 31.0 Å². The van der Waals surface area contributed by atoms with Crippen LogP contribution in [0.15, 0.2) is 17.2 Å². The highest BCUT2D eigenvalue weighted by Crippen LogP contribution is 2.28. The first-order valence-corrected chi connectivity index (χ1v) is 7.78. The van der Waals surface area contributed by atoms with Crippen LogP contribution in [0.5, 0.6) is 0 Å². The van der Waals surface area contributed by atoms with Crippen LogP contribution in [-0.4, -0.2) is 30.3 Å². The number of rotatable bonds is 3. The van der Waals surface area contributed by atoms with Crippen molar-refractivity contribution in [2.75, 3.05) is 6.54 Å². The molecular weight excluding hydrogens is 250 g/mol. The molecule has 102 valence electrons. The van der Waals surface area contributed by atoms with Crippen LogP contribution in [0.4, 0.5) is 0 Å². The molecule has 5 nitrogen and oxygen atoms in total. The summed E-state index contributed by atoms with van der Waals surface area (Å²) in [7, 11) is -3.39. The molecule has 0 aromatic carbocycles. The van der Waals surface area contributed by atoms with E-state index in [1.54, 1.807) is 10.4 Å². The largest absolute Gasteiger partial charge is 0.363 e. The van der Waals surface area contributed by atoms with Gasteiger partial charge in [0.1, 0.15) is 0 Å². The van der Waals surface area contributed by atoms with E-state index in [9.17, 15) is 8.42 Å². The van der Waals surface area contributed by atoms with E-state index in [0.29, 0.717) is 23.9 Å². The Bertz CT molecular complexity index is 509. The maximum Gasteiger partial charge on any atom is 0.244 e. The van der Waals surface area contributed by atoms with Gasteiger partial charge in [0.15, 0.2) is 0 Å². The highest BCUT2D eigenvalue weighted by molar-refractivity contribution is 7.89. The van der Waals surface area contributed by atoms with Gasteiger partial charge >= 0.3 is 0 Å². The van der Waals surface area contributed by atoms with Crippen molar-refractivity contribution in [1.82, 2.24) is 9.29 Å². The zero-order valence-electron chi connectivity index (χ0n) is 10.9. The quantitative estimate of drug-likeness (QED) is 0.869. The molecule has 2 rings (SSSR count). The van der Waals surface area contributed by atoms with Gasteiger partial charge < -0.3 is 10.7 Å². The molecule has 0 saturated carbocycles. The third kappa shape index (κ3) is 2.46. The Morgan fingerprint density at radius 1 is 1.44 bits per heavy atom. The highest BCUT2D eigenvalue weighted by atomic mass is 32.2. The molecule has 1 aromatic heterocycles. The molecule has 0 radical (unpaired) electrons. The first-order valence-electron chi connectivity index (χ1n) is 6.34. The Kier molecular flexibility index (Phi) is 3.79. The fourth-order valence-corrected chi connectivity index (χ4v) is 4.20. The molecule has 1 aromatic rings. The summed E-state index contributed by atoms with van der Waals surface area (Å²) in [6, 6.07) is 1.70. The van der Waals surface area contributed by atoms with E-state index in [2.05, 4.69) is 11.9 Å². The summed E-state index contributed by atoms with van der Waals surface area (Å²) in [6.07, 6.45) is 3.55. The second-order valence-electron chi connectivity index (χ2n) is 5.17. The fourth-order valence-electron chi connectivity index (χ4n) is 2.40. The van der Waals surface area contributed by atoms with Crippen molar-refractivity contribution in [2.45, 2.75) is 44.2 Å². The number of sulfonamides is 1. The predicted octanol–water partition coefficient (Wildman–Crippen LogP) is 1.28. The lowest BCUT2D eigenvalue weighted by atomic mass is 9.97. The van der Waals surface area contributed by atoms with Crippen LogP contribution in [0.25, 0.3) is 0 Å². The van der Waals surface area contributed by atoms with Crippen LogP contribution in [-0.2, 0) is 16.6 Å². The van der Waals surface area contributed by atoms with E-state index in [0.717, 1.165) is 18.5 Å². The third-order valence-electron chi connectivity index (χ3n) is 3.60. The van der Waals surface area contributed by atoms with Crippen LogP contribution in [0.2, 0.25) is 0 Å². The molecular formula is C12H21N3O2S. The van der Waals surface area contributed by atoms with E-state index in [1.165, 1.54) is 6.20 Å². The summed E-state index contributed by atoms with van der Waals surface area (Å²) in [6.45, 7) is 4.99. The average Bonchev–Trinajstić information content (AvgIpc) is 2.81. The molecule has 0 bridgehead atoms. The van der Waals surface area contributed by atoms with Crippen LogP contribution >= 0.6 is 0 Å². The zero-order valence-corrected chi connectivity index (χ0v) is 11.7. The normalized spacial score (nSPS) is 26.4. The lowest BCUT2D eigenvalue weighted by molar-refractivity contribution is 0.218. The van der Waals surface area contributed by atoms with E-state index in [-0.39, 0.29) is 6.04 Å². The number of hydrogen-bond acceptors (Lipinski definition) is 3. The van der Waals surface area contributed by atoms with E-state index < -0.39 is 10.0 Å². The number of nitrogens with two attached hydrogens (primary N) is 1. The van der Waals surface area contributed by atoms with Crippen molar-refractivity contribution in [3.8, 4) is 0 Å². The monoisotopic (exact) mass is 271 g/mol. The second kappa shape index (κ2) is 5.03. The minimum Gasteiger partial charge on any atom is -0.363 e. The summed E-state index contributed by atoms with van der Waals surface area (Å²) >= 11 is 0. The highest BCUT2D eigenvalue weighted by Gasteiger charge is 2.33. The van der Waals surface area contributed by atoms with Crippen molar-refractivity contribution < 1.29 is 8.42 Å². The average molecular weight is 271 g/mol. The van der Waals surface area contributed by atoms with Gasteiger partial charge in [-0.15, -0.1) is 0 Å². The summed E-state index contributed by atoms with van der Waals surface area (Å²) < 4.78 is 26.7. The number of nitrogens with zero attached hydrogens (tertiary/aromatic N) is 1. The van der Waals surface area contributed by atoms with Gasteiger partial charge in [-0.2, -0.15) is 4.31 Å².